The molecule has 1 aromatic carbocycles. The second kappa shape index (κ2) is 5.64. The first-order chi connectivity index (χ1) is 9.75. The Kier molecular flexibility index (Phi) is 3.71. The minimum absolute atomic E-state index is 0.0201. The van der Waals surface area contributed by atoms with E-state index in [1.54, 1.807) is 0 Å². The number of nitrogens with zero attached hydrogens (tertiary/aromatic N) is 2. The van der Waals surface area contributed by atoms with Gasteiger partial charge in [-0.25, -0.2) is 0 Å². The van der Waals surface area contributed by atoms with Gasteiger partial charge >= 0.3 is 0 Å². The van der Waals surface area contributed by atoms with E-state index in [1.165, 1.54) is 0 Å². The van der Waals surface area contributed by atoms with Crippen LogP contribution in [0.4, 0.5) is 0 Å². The SMILES string of the molecule is Cn1cc(C(=O)NCN2CCOCC2)c2ccccc21. The van der Waals surface area contributed by atoms with Crippen molar-refractivity contribution < 1.29 is 9.53 Å². The molecule has 1 saturated heterocycles. The van der Waals surface area contributed by atoms with Crippen LogP contribution in [0.15, 0.2) is 30.5 Å². The molecular formula is C15H19N3O2. The van der Waals surface area contributed by atoms with Crippen LogP contribution in [0.3, 0.4) is 0 Å². The predicted molar refractivity (Wildman–Crippen MR) is 77.6 cm³/mol. The number of amides is 1. The van der Waals surface area contributed by atoms with Crippen LogP contribution in [-0.4, -0.2) is 48.3 Å². The molecule has 3 rings (SSSR count). The number of ether oxygens (including phenoxy) is 1. The summed E-state index contributed by atoms with van der Waals surface area (Å²) < 4.78 is 7.28. The van der Waals surface area contributed by atoms with Crippen molar-refractivity contribution in [3.63, 3.8) is 0 Å². The fourth-order valence-electron chi connectivity index (χ4n) is 2.56. The van der Waals surface area contributed by atoms with Crippen molar-refractivity contribution in [1.82, 2.24) is 14.8 Å². The van der Waals surface area contributed by atoms with E-state index in [9.17, 15) is 4.79 Å². The number of carbonyl (C=O) groups excluding carboxylic acids is 1. The summed E-state index contributed by atoms with van der Waals surface area (Å²) in [6.45, 7) is 3.80. The van der Waals surface area contributed by atoms with Crippen LogP contribution in [0.2, 0.25) is 0 Å². The predicted octanol–water partition coefficient (Wildman–Crippen LogP) is 1.20. The van der Waals surface area contributed by atoms with Crippen LogP contribution in [-0.2, 0) is 11.8 Å². The summed E-state index contributed by atoms with van der Waals surface area (Å²) in [5.74, 6) is -0.0201. The van der Waals surface area contributed by atoms with Gasteiger partial charge in [-0.05, 0) is 6.07 Å². The van der Waals surface area contributed by atoms with Crippen LogP contribution in [0.25, 0.3) is 10.9 Å². The molecule has 0 aliphatic carbocycles. The molecule has 0 saturated carbocycles. The van der Waals surface area contributed by atoms with Gasteiger partial charge < -0.3 is 14.6 Å². The van der Waals surface area contributed by atoms with Gasteiger partial charge in [-0.1, -0.05) is 18.2 Å². The summed E-state index contributed by atoms with van der Waals surface area (Å²) >= 11 is 0. The molecule has 0 radical (unpaired) electrons. The number of hydrogen-bond donors (Lipinski definition) is 1. The largest absolute Gasteiger partial charge is 0.379 e. The topological polar surface area (TPSA) is 46.5 Å². The molecule has 1 aromatic heterocycles. The zero-order valence-corrected chi connectivity index (χ0v) is 11.6. The molecule has 0 spiro atoms. The van der Waals surface area contributed by atoms with Crippen molar-refractivity contribution in [2.45, 2.75) is 0 Å². The van der Waals surface area contributed by atoms with Crippen molar-refractivity contribution in [2.24, 2.45) is 7.05 Å². The third-order valence-electron chi connectivity index (χ3n) is 3.71. The van der Waals surface area contributed by atoms with Gasteiger partial charge in [-0.3, -0.25) is 9.69 Å². The molecule has 2 heterocycles. The van der Waals surface area contributed by atoms with E-state index in [-0.39, 0.29) is 5.91 Å². The van der Waals surface area contributed by atoms with Crippen molar-refractivity contribution >= 4 is 16.8 Å². The molecule has 0 atom stereocenters. The van der Waals surface area contributed by atoms with E-state index >= 15 is 0 Å². The lowest BCUT2D eigenvalue weighted by molar-refractivity contribution is 0.0334. The minimum atomic E-state index is -0.0201. The molecule has 20 heavy (non-hydrogen) atoms. The van der Waals surface area contributed by atoms with Crippen LogP contribution >= 0.6 is 0 Å². The second-order valence-corrected chi connectivity index (χ2v) is 5.07. The molecule has 1 N–H and O–H groups in total. The van der Waals surface area contributed by atoms with Gasteiger partial charge in [0.2, 0.25) is 0 Å². The summed E-state index contributed by atoms with van der Waals surface area (Å²) in [5.41, 5.74) is 1.81. The Labute approximate surface area is 118 Å². The molecule has 1 aliphatic rings. The summed E-state index contributed by atoms with van der Waals surface area (Å²) in [4.78, 5) is 14.5. The fraction of sp³-hybridized carbons (Fsp3) is 0.400. The Hall–Kier alpha value is -1.85. The zero-order chi connectivity index (χ0) is 13.9. The standard InChI is InChI=1S/C15H19N3O2/c1-17-10-13(12-4-2-3-5-14(12)17)15(19)16-11-18-6-8-20-9-7-18/h2-5,10H,6-9,11H2,1H3,(H,16,19). The average Bonchev–Trinajstić information content (AvgIpc) is 2.84. The Bertz CT molecular complexity index is 615. The first kappa shape index (κ1) is 13.1. The monoisotopic (exact) mass is 273 g/mol. The highest BCUT2D eigenvalue weighted by Gasteiger charge is 2.15. The highest BCUT2D eigenvalue weighted by molar-refractivity contribution is 6.06. The zero-order valence-electron chi connectivity index (χ0n) is 11.6. The molecule has 106 valence electrons. The number of aryl methyl sites for hydroxylation is 1. The number of carbonyl (C=O) groups is 1. The summed E-state index contributed by atoms with van der Waals surface area (Å²) in [7, 11) is 1.96. The molecule has 5 nitrogen and oxygen atoms in total. The van der Waals surface area contributed by atoms with E-state index in [2.05, 4.69) is 10.2 Å². The molecular weight excluding hydrogens is 254 g/mol. The van der Waals surface area contributed by atoms with E-state index in [0.717, 1.165) is 42.8 Å². The quantitative estimate of drug-likeness (QED) is 0.914. The molecule has 0 unspecified atom stereocenters. The van der Waals surface area contributed by atoms with Gasteiger partial charge in [0.25, 0.3) is 5.91 Å². The number of hydrogen-bond acceptors (Lipinski definition) is 3. The Morgan fingerprint density at radius 2 is 2.05 bits per heavy atom. The third-order valence-corrected chi connectivity index (χ3v) is 3.71. The maximum atomic E-state index is 12.3. The smallest absolute Gasteiger partial charge is 0.254 e. The lowest BCUT2D eigenvalue weighted by atomic mass is 10.1. The average molecular weight is 273 g/mol. The van der Waals surface area contributed by atoms with E-state index in [0.29, 0.717) is 6.67 Å². The maximum Gasteiger partial charge on any atom is 0.254 e. The number of aromatic nitrogens is 1. The van der Waals surface area contributed by atoms with Crippen LogP contribution in [0, 0.1) is 0 Å². The van der Waals surface area contributed by atoms with E-state index in [1.807, 2.05) is 42.1 Å². The third kappa shape index (κ3) is 2.55. The van der Waals surface area contributed by atoms with Gasteiger partial charge in [-0.2, -0.15) is 0 Å². The van der Waals surface area contributed by atoms with Gasteiger partial charge in [0.05, 0.1) is 25.4 Å². The lowest BCUT2D eigenvalue weighted by Crippen LogP contribution is -2.43. The van der Waals surface area contributed by atoms with Gasteiger partial charge in [0.1, 0.15) is 0 Å². The summed E-state index contributed by atoms with van der Waals surface area (Å²) in [6, 6.07) is 7.95. The molecule has 5 heteroatoms. The van der Waals surface area contributed by atoms with Crippen molar-refractivity contribution in [3.05, 3.63) is 36.0 Å². The normalized spacial score (nSPS) is 16.4. The molecule has 0 bridgehead atoms. The first-order valence-corrected chi connectivity index (χ1v) is 6.88. The van der Waals surface area contributed by atoms with Crippen LogP contribution < -0.4 is 5.32 Å². The Morgan fingerprint density at radius 1 is 1.30 bits per heavy atom. The minimum Gasteiger partial charge on any atom is -0.379 e. The number of rotatable bonds is 3. The van der Waals surface area contributed by atoms with Crippen molar-refractivity contribution in [2.75, 3.05) is 33.0 Å². The lowest BCUT2D eigenvalue weighted by Gasteiger charge is -2.26. The van der Waals surface area contributed by atoms with Crippen molar-refractivity contribution in [1.29, 1.82) is 0 Å². The number of morpholine rings is 1. The number of nitrogens with one attached hydrogen (secondary N) is 1. The molecule has 1 aliphatic heterocycles. The number of benzene rings is 1. The Balaban J connectivity index is 1.72. The summed E-state index contributed by atoms with van der Waals surface area (Å²) in [6.07, 6.45) is 1.89. The molecule has 1 amide bonds. The number of fused-ring (bicyclic) bond motifs is 1. The Morgan fingerprint density at radius 3 is 2.85 bits per heavy atom. The molecule has 1 fully saturated rings. The van der Waals surface area contributed by atoms with Gasteiger partial charge in [-0.15, -0.1) is 0 Å². The van der Waals surface area contributed by atoms with Crippen LogP contribution in [0.1, 0.15) is 10.4 Å². The van der Waals surface area contributed by atoms with E-state index < -0.39 is 0 Å². The fourth-order valence-corrected chi connectivity index (χ4v) is 2.56. The van der Waals surface area contributed by atoms with E-state index in [4.69, 9.17) is 4.74 Å². The van der Waals surface area contributed by atoms with Gasteiger partial charge in [0.15, 0.2) is 0 Å². The summed E-state index contributed by atoms with van der Waals surface area (Å²) in [5, 5.41) is 3.99. The van der Waals surface area contributed by atoms with Crippen LogP contribution in [0.5, 0.6) is 0 Å². The maximum absolute atomic E-state index is 12.3. The van der Waals surface area contributed by atoms with Gasteiger partial charge in [0, 0.05) is 37.2 Å². The highest BCUT2D eigenvalue weighted by Crippen LogP contribution is 2.19. The second-order valence-electron chi connectivity index (χ2n) is 5.07. The number of para-hydroxylation sites is 1. The highest BCUT2D eigenvalue weighted by atomic mass is 16.5. The first-order valence-electron chi connectivity index (χ1n) is 6.88. The molecule has 2 aromatic rings. The van der Waals surface area contributed by atoms with Crippen molar-refractivity contribution in [3.8, 4) is 0 Å².